The number of halogens is 6. The quantitative estimate of drug-likeness (QED) is 0.674. The van der Waals surface area contributed by atoms with Gasteiger partial charge in [0.1, 0.15) is 0 Å². The Bertz CT molecular complexity index is 858. The van der Waals surface area contributed by atoms with Gasteiger partial charge < -0.3 is 9.64 Å². The Kier molecular flexibility index (Phi) is 4.94. The topological polar surface area (TPSA) is 55.3 Å². The highest BCUT2D eigenvalue weighted by molar-refractivity contribution is 6.30. The first kappa shape index (κ1) is 19.3. The molecule has 0 unspecified atom stereocenters. The minimum absolute atomic E-state index is 0.174. The lowest BCUT2D eigenvalue weighted by molar-refractivity contribution is -0.143. The number of hydrogen-bond acceptors (Lipinski definition) is 4. The van der Waals surface area contributed by atoms with Crippen molar-refractivity contribution in [1.82, 2.24) is 9.97 Å². The summed E-state index contributed by atoms with van der Waals surface area (Å²) in [7, 11) is 0. The van der Waals surface area contributed by atoms with Crippen LogP contribution in [0.25, 0.3) is 0 Å². The maximum atomic E-state index is 14.3. The summed E-state index contributed by atoms with van der Waals surface area (Å²) in [6, 6.07) is 3.34. The maximum Gasteiger partial charge on any atom is 0.389 e. The SMILES string of the molecule is O=C1N(CCCC(F)(F)F)c2c(Oc3ncc(Cl)cn3)cccc2C1(F)F. The van der Waals surface area contributed by atoms with Gasteiger partial charge in [-0.05, 0) is 12.5 Å². The largest absolute Gasteiger partial charge is 0.422 e. The molecule has 1 aliphatic rings. The van der Waals surface area contributed by atoms with E-state index in [1.165, 1.54) is 24.5 Å². The molecule has 0 saturated heterocycles. The fourth-order valence-corrected chi connectivity index (χ4v) is 2.72. The monoisotopic (exact) mass is 407 g/mol. The first-order chi connectivity index (χ1) is 12.6. The van der Waals surface area contributed by atoms with Crippen molar-refractivity contribution in [2.24, 2.45) is 0 Å². The molecule has 1 aromatic heterocycles. The van der Waals surface area contributed by atoms with E-state index in [0.29, 0.717) is 4.90 Å². The number of carbonyl (C=O) groups is 1. The molecule has 0 spiro atoms. The van der Waals surface area contributed by atoms with Crippen LogP contribution >= 0.6 is 11.6 Å². The zero-order chi connectivity index (χ0) is 19.8. The molecule has 0 fully saturated rings. The Hall–Kier alpha value is -2.49. The molecule has 144 valence electrons. The molecule has 1 aliphatic heterocycles. The van der Waals surface area contributed by atoms with Crippen LogP contribution in [-0.2, 0) is 10.7 Å². The number of benzene rings is 1. The van der Waals surface area contributed by atoms with Crippen molar-refractivity contribution < 1.29 is 31.5 Å². The normalized spacial score (nSPS) is 15.8. The first-order valence-corrected chi connectivity index (χ1v) is 8.03. The van der Waals surface area contributed by atoms with Gasteiger partial charge in [0.2, 0.25) is 0 Å². The molecule has 0 bridgehead atoms. The molecule has 0 aliphatic carbocycles. The van der Waals surface area contributed by atoms with Gasteiger partial charge in [0, 0.05) is 13.0 Å². The molecule has 3 rings (SSSR count). The predicted octanol–water partition coefficient (Wildman–Crippen LogP) is 4.70. The van der Waals surface area contributed by atoms with Crippen molar-refractivity contribution in [3.8, 4) is 11.8 Å². The molecule has 1 amide bonds. The Morgan fingerprint density at radius 2 is 1.85 bits per heavy atom. The van der Waals surface area contributed by atoms with E-state index in [1.54, 1.807) is 0 Å². The van der Waals surface area contributed by atoms with Crippen molar-refractivity contribution in [3.63, 3.8) is 0 Å². The van der Waals surface area contributed by atoms with Crippen LogP contribution in [0, 0.1) is 0 Å². The van der Waals surface area contributed by atoms with Gasteiger partial charge in [-0.15, -0.1) is 0 Å². The van der Waals surface area contributed by atoms with Gasteiger partial charge in [-0.1, -0.05) is 23.7 Å². The standard InChI is InChI=1S/C16H11ClF5N3O2/c17-9-7-23-14(24-8-9)27-11-4-1-3-10-12(11)25(13(26)16(10,21)22)6-2-5-15(18,19)20/h1,3-4,7-8H,2,5-6H2. The van der Waals surface area contributed by atoms with Gasteiger partial charge in [-0.2, -0.15) is 22.0 Å². The summed E-state index contributed by atoms with van der Waals surface area (Å²) < 4.78 is 71.1. The van der Waals surface area contributed by atoms with E-state index >= 15 is 0 Å². The summed E-state index contributed by atoms with van der Waals surface area (Å²) in [6.45, 7) is -0.539. The van der Waals surface area contributed by atoms with Crippen LogP contribution < -0.4 is 9.64 Å². The van der Waals surface area contributed by atoms with Gasteiger partial charge in [0.15, 0.2) is 5.75 Å². The van der Waals surface area contributed by atoms with E-state index < -0.39 is 43.0 Å². The lowest BCUT2D eigenvalue weighted by atomic mass is 10.1. The second kappa shape index (κ2) is 6.91. The van der Waals surface area contributed by atoms with E-state index in [-0.39, 0.29) is 22.5 Å². The van der Waals surface area contributed by atoms with Gasteiger partial charge in [-0.3, -0.25) is 4.79 Å². The van der Waals surface area contributed by atoms with E-state index in [1.807, 2.05) is 0 Å². The number of hydrogen-bond donors (Lipinski definition) is 0. The average molecular weight is 408 g/mol. The van der Waals surface area contributed by atoms with Crippen LogP contribution in [-0.4, -0.2) is 28.6 Å². The predicted molar refractivity (Wildman–Crippen MR) is 85.1 cm³/mol. The van der Waals surface area contributed by atoms with Crippen LogP contribution in [0.1, 0.15) is 18.4 Å². The van der Waals surface area contributed by atoms with E-state index in [0.717, 1.165) is 6.07 Å². The van der Waals surface area contributed by atoms with Crippen LogP contribution in [0.4, 0.5) is 27.6 Å². The van der Waals surface area contributed by atoms with Crippen LogP contribution in [0.15, 0.2) is 30.6 Å². The number of rotatable bonds is 5. The molecule has 2 aromatic rings. The number of fused-ring (bicyclic) bond motifs is 1. The van der Waals surface area contributed by atoms with Crippen LogP contribution in [0.3, 0.4) is 0 Å². The summed E-state index contributed by atoms with van der Waals surface area (Å²) >= 11 is 5.66. The van der Waals surface area contributed by atoms with Gasteiger partial charge in [0.05, 0.1) is 28.7 Å². The number of ether oxygens (including phenoxy) is 1. The highest BCUT2D eigenvalue weighted by Crippen LogP contribution is 2.49. The highest BCUT2D eigenvalue weighted by atomic mass is 35.5. The minimum atomic E-state index is -4.46. The molecular weight excluding hydrogens is 397 g/mol. The van der Waals surface area contributed by atoms with E-state index in [4.69, 9.17) is 16.3 Å². The summed E-state index contributed by atoms with van der Waals surface area (Å²) in [5, 5.41) is 0.219. The van der Waals surface area contributed by atoms with Crippen LogP contribution in [0.2, 0.25) is 5.02 Å². The van der Waals surface area contributed by atoms with Crippen molar-refractivity contribution >= 4 is 23.2 Å². The van der Waals surface area contributed by atoms with Crippen molar-refractivity contribution in [3.05, 3.63) is 41.2 Å². The Morgan fingerprint density at radius 1 is 1.19 bits per heavy atom. The minimum Gasteiger partial charge on any atom is -0.422 e. The Morgan fingerprint density at radius 3 is 2.48 bits per heavy atom. The third-order valence-corrected chi connectivity index (χ3v) is 3.96. The zero-order valence-corrected chi connectivity index (χ0v) is 14.2. The Balaban J connectivity index is 1.93. The molecule has 27 heavy (non-hydrogen) atoms. The van der Waals surface area contributed by atoms with Crippen LogP contribution in [0.5, 0.6) is 11.8 Å². The summed E-state index contributed by atoms with van der Waals surface area (Å²) in [5.74, 6) is -5.64. The Labute approximate surface area is 154 Å². The molecule has 5 nitrogen and oxygen atoms in total. The smallest absolute Gasteiger partial charge is 0.389 e. The summed E-state index contributed by atoms with van der Waals surface area (Å²) in [6.07, 6.45) is -3.76. The molecule has 0 radical (unpaired) electrons. The zero-order valence-electron chi connectivity index (χ0n) is 13.4. The van der Waals surface area contributed by atoms with Crippen molar-refractivity contribution in [2.45, 2.75) is 24.9 Å². The number of amides is 1. The first-order valence-electron chi connectivity index (χ1n) is 7.65. The second-order valence-corrected chi connectivity index (χ2v) is 6.12. The van der Waals surface area contributed by atoms with Gasteiger partial charge in [-0.25, -0.2) is 9.97 Å². The third kappa shape index (κ3) is 3.95. The number of alkyl halides is 5. The molecule has 0 atom stereocenters. The summed E-state index contributed by atoms with van der Waals surface area (Å²) in [5.41, 5.74) is -0.945. The number of anilines is 1. The molecular formula is C16H11ClF5N3O2. The molecule has 2 heterocycles. The van der Waals surface area contributed by atoms with E-state index in [9.17, 15) is 26.7 Å². The maximum absolute atomic E-state index is 14.3. The highest BCUT2D eigenvalue weighted by Gasteiger charge is 2.54. The lowest BCUT2D eigenvalue weighted by Crippen LogP contribution is -2.35. The number of carbonyl (C=O) groups excluding carboxylic acids is 1. The number of para-hydroxylation sites is 1. The number of aromatic nitrogens is 2. The van der Waals surface area contributed by atoms with E-state index in [2.05, 4.69) is 9.97 Å². The van der Waals surface area contributed by atoms with Gasteiger partial charge in [0.25, 0.3) is 0 Å². The molecule has 0 saturated carbocycles. The lowest BCUT2D eigenvalue weighted by Gasteiger charge is -2.19. The van der Waals surface area contributed by atoms with Crippen molar-refractivity contribution in [1.29, 1.82) is 0 Å². The fraction of sp³-hybridized carbons (Fsp3) is 0.312. The third-order valence-electron chi connectivity index (χ3n) is 3.76. The molecule has 11 heteroatoms. The van der Waals surface area contributed by atoms with Gasteiger partial charge >= 0.3 is 24.0 Å². The summed E-state index contributed by atoms with van der Waals surface area (Å²) in [4.78, 5) is 20.2. The second-order valence-electron chi connectivity index (χ2n) is 5.69. The fourth-order valence-electron chi connectivity index (χ4n) is 2.63. The molecule has 0 N–H and O–H groups in total. The van der Waals surface area contributed by atoms with Crippen molar-refractivity contribution in [2.75, 3.05) is 11.4 Å². The molecule has 1 aromatic carbocycles. The average Bonchev–Trinajstić information content (AvgIpc) is 2.78. The number of nitrogens with zero attached hydrogens (tertiary/aromatic N) is 3.